The molecule has 2 heterocycles. The third kappa shape index (κ3) is 1.92. The fraction of sp³-hybridized carbons (Fsp3) is 0.700. The van der Waals surface area contributed by atoms with Crippen molar-refractivity contribution in [3.63, 3.8) is 0 Å². The van der Waals surface area contributed by atoms with Crippen LogP contribution in [-0.4, -0.2) is 40.1 Å². The quantitative estimate of drug-likeness (QED) is 0.775. The highest BCUT2D eigenvalue weighted by molar-refractivity contribution is 5.90. The van der Waals surface area contributed by atoms with Crippen LogP contribution in [0.15, 0.2) is 4.52 Å². The number of hydrogen-bond acceptors (Lipinski definition) is 5. The summed E-state index contributed by atoms with van der Waals surface area (Å²) < 4.78 is 4.80. The number of rotatable bonds is 2. The van der Waals surface area contributed by atoms with Gasteiger partial charge in [-0.2, -0.15) is 4.98 Å². The van der Waals surface area contributed by atoms with Crippen LogP contribution in [0.3, 0.4) is 0 Å². The van der Waals surface area contributed by atoms with Crippen molar-refractivity contribution in [1.82, 2.24) is 15.0 Å². The Balaban J connectivity index is 2.11. The first-order valence-corrected chi connectivity index (χ1v) is 5.43. The molecular weight excluding hydrogens is 208 g/mol. The lowest BCUT2D eigenvalue weighted by molar-refractivity contribution is 0.0727. The number of aryl methyl sites for hydroxylation is 1. The zero-order valence-electron chi connectivity index (χ0n) is 9.51. The van der Waals surface area contributed by atoms with E-state index in [2.05, 4.69) is 10.1 Å². The van der Waals surface area contributed by atoms with E-state index in [4.69, 9.17) is 10.3 Å². The Hall–Kier alpha value is -1.43. The summed E-state index contributed by atoms with van der Waals surface area (Å²) in [6.07, 6.45) is 0.944. The first-order valence-electron chi connectivity index (χ1n) is 5.43. The summed E-state index contributed by atoms with van der Waals surface area (Å²) in [7, 11) is 0. The van der Waals surface area contributed by atoms with Gasteiger partial charge in [0.2, 0.25) is 5.89 Å². The van der Waals surface area contributed by atoms with Crippen molar-refractivity contribution in [3.05, 3.63) is 11.7 Å². The fourth-order valence-corrected chi connectivity index (χ4v) is 2.11. The highest BCUT2D eigenvalue weighted by Gasteiger charge is 2.33. The maximum atomic E-state index is 12.0. The molecule has 2 rings (SSSR count). The third-order valence-corrected chi connectivity index (χ3v) is 2.97. The number of hydrogen-bond donors (Lipinski definition) is 1. The summed E-state index contributed by atoms with van der Waals surface area (Å²) in [6.45, 7) is 4.98. The van der Waals surface area contributed by atoms with Crippen molar-refractivity contribution < 1.29 is 9.32 Å². The van der Waals surface area contributed by atoms with Gasteiger partial charge in [-0.3, -0.25) is 4.79 Å². The second-order valence-corrected chi connectivity index (χ2v) is 4.28. The lowest BCUT2D eigenvalue weighted by Gasteiger charge is -2.19. The predicted octanol–water partition coefficient (Wildman–Crippen LogP) is 0.187. The molecule has 1 aliphatic rings. The van der Waals surface area contributed by atoms with Crippen LogP contribution in [0.25, 0.3) is 0 Å². The van der Waals surface area contributed by atoms with Gasteiger partial charge in [-0.05, 0) is 25.8 Å². The Morgan fingerprint density at radius 2 is 2.44 bits per heavy atom. The van der Waals surface area contributed by atoms with E-state index in [1.54, 1.807) is 11.8 Å². The normalized spacial score (nSPS) is 25.1. The molecular formula is C10H16N4O2. The molecule has 0 radical (unpaired) electrons. The van der Waals surface area contributed by atoms with Gasteiger partial charge < -0.3 is 15.2 Å². The molecule has 1 amide bonds. The molecule has 1 saturated heterocycles. The Bertz CT molecular complexity index is 390. The van der Waals surface area contributed by atoms with Gasteiger partial charge in [0.25, 0.3) is 11.7 Å². The maximum absolute atomic E-state index is 12.0. The molecule has 6 heteroatoms. The monoisotopic (exact) mass is 224 g/mol. The van der Waals surface area contributed by atoms with Crippen molar-refractivity contribution in [1.29, 1.82) is 0 Å². The van der Waals surface area contributed by atoms with Crippen LogP contribution in [0.1, 0.15) is 29.9 Å². The second-order valence-electron chi connectivity index (χ2n) is 4.28. The molecule has 16 heavy (non-hydrogen) atoms. The van der Waals surface area contributed by atoms with Gasteiger partial charge in [-0.15, -0.1) is 0 Å². The smallest absolute Gasteiger partial charge is 0.295 e. The minimum absolute atomic E-state index is 0.141. The average Bonchev–Trinajstić information content (AvgIpc) is 2.83. The number of likely N-dealkylation sites (tertiary alicyclic amines) is 1. The highest BCUT2D eigenvalue weighted by atomic mass is 16.5. The number of carbonyl (C=O) groups is 1. The van der Waals surface area contributed by atoms with Crippen LogP contribution in [0, 0.1) is 12.8 Å². The summed E-state index contributed by atoms with van der Waals surface area (Å²) in [6, 6.07) is 0.194. The van der Waals surface area contributed by atoms with Gasteiger partial charge in [-0.1, -0.05) is 5.16 Å². The molecule has 0 saturated carbocycles. The number of nitrogens with two attached hydrogens (primary N) is 1. The summed E-state index contributed by atoms with van der Waals surface area (Å²) >= 11 is 0. The Kier molecular flexibility index (Phi) is 2.91. The summed E-state index contributed by atoms with van der Waals surface area (Å²) in [4.78, 5) is 17.7. The van der Waals surface area contributed by atoms with Crippen molar-refractivity contribution in [3.8, 4) is 0 Å². The molecule has 6 nitrogen and oxygen atoms in total. The Morgan fingerprint density at radius 3 is 2.94 bits per heavy atom. The molecule has 0 bridgehead atoms. The summed E-state index contributed by atoms with van der Waals surface area (Å²) in [5.74, 6) is 0.764. The molecule has 1 aliphatic heterocycles. The van der Waals surface area contributed by atoms with Crippen LogP contribution >= 0.6 is 0 Å². The van der Waals surface area contributed by atoms with E-state index < -0.39 is 0 Å². The summed E-state index contributed by atoms with van der Waals surface area (Å²) in [5, 5.41) is 3.64. The Labute approximate surface area is 93.8 Å². The van der Waals surface area contributed by atoms with E-state index in [1.165, 1.54) is 0 Å². The number of aromatic nitrogens is 2. The lowest BCUT2D eigenvalue weighted by atomic mass is 10.1. The van der Waals surface area contributed by atoms with Crippen LogP contribution in [0.4, 0.5) is 0 Å². The molecule has 1 aromatic rings. The second kappa shape index (κ2) is 4.21. The highest BCUT2D eigenvalue weighted by Crippen LogP contribution is 2.23. The van der Waals surface area contributed by atoms with Crippen molar-refractivity contribution in [2.24, 2.45) is 11.7 Å². The molecule has 0 spiro atoms. The molecule has 1 aromatic heterocycles. The minimum Gasteiger partial charge on any atom is -0.339 e. The topological polar surface area (TPSA) is 85.2 Å². The van der Waals surface area contributed by atoms with Crippen LogP contribution in [0.5, 0.6) is 0 Å². The van der Waals surface area contributed by atoms with E-state index >= 15 is 0 Å². The number of nitrogens with zero attached hydrogens (tertiary/aromatic N) is 3. The molecule has 0 aliphatic carbocycles. The van der Waals surface area contributed by atoms with Crippen molar-refractivity contribution in [2.75, 3.05) is 13.1 Å². The van der Waals surface area contributed by atoms with E-state index in [0.29, 0.717) is 24.9 Å². The average molecular weight is 224 g/mol. The largest absolute Gasteiger partial charge is 0.339 e. The van der Waals surface area contributed by atoms with Gasteiger partial charge in [0.1, 0.15) is 0 Å². The zero-order valence-corrected chi connectivity index (χ0v) is 9.51. The lowest BCUT2D eigenvalue weighted by Crippen LogP contribution is -2.35. The standard InChI is InChI=1S/C10H16N4O2/c1-6-3-8(4-11)5-14(6)10(15)9-12-7(2)16-13-9/h6,8H,3-5,11H2,1-2H3. The molecule has 1 fully saturated rings. The predicted molar refractivity (Wildman–Crippen MR) is 56.7 cm³/mol. The molecule has 2 unspecified atom stereocenters. The first kappa shape index (κ1) is 11.1. The van der Waals surface area contributed by atoms with Crippen LogP contribution in [0.2, 0.25) is 0 Å². The van der Waals surface area contributed by atoms with Crippen molar-refractivity contribution >= 4 is 5.91 Å². The summed E-state index contributed by atoms with van der Waals surface area (Å²) in [5.41, 5.74) is 5.61. The molecule has 2 N–H and O–H groups in total. The van der Waals surface area contributed by atoms with Crippen molar-refractivity contribution in [2.45, 2.75) is 26.3 Å². The SMILES string of the molecule is Cc1nc(C(=O)N2CC(CN)CC2C)no1. The van der Waals surface area contributed by atoms with Gasteiger partial charge in [0.05, 0.1) is 0 Å². The van der Waals surface area contributed by atoms with Crippen LogP contribution in [-0.2, 0) is 0 Å². The van der Waals surface area contributed by atoms with Gasteiger partial charge in [0, 0.05) is 19.5 Å². The molecule has 0 aromatic carbocycles. The fourth-order valence-electron chi connectivity index (χ4n) is 2.11. The number of amides is 1. The molecule has 88 valence electrons. The van der Waals surface area contributed by atoms with Gasteiger partial charge in [-0.25, -0.2) is 0 Å². The van der Waals surface area contributed by atoms with E-state index in [-0.39, 0.29) is 17.8 Å². The first-order chi connectivity index (χ1) is 7.61. The molecule has 2 atom stereocenters. The van der Waals surface area contributed by atoms with E-state index in [0.717, 1.165) is 6.42 Å². The van der Waals surface area contributed by atoms with Crippen LogP contribution < -0.4 is 5.73 Å². The van der Waals surface area contributed by atoms with Gasteiger partial charge >= 0.3 is 0 Å². The number of carbonyl (C=O) groups excluding carboxylic acids is 1. The maximum Gasteiger partial charge on any atom is 0.295 e. The van der Waals surface area contributed by atoms with Gasteiger partial charge in [0.15, 0.2) is 0 Å². The minimum atomic E-state index is -0.166. The zero-order chi connectivity index (χ0) is 11.7. The Morgan fingerprint density at radius 1 is 1.69 bits per heavy atom. The van der Waals surface area contributed by atoms with E-state index in [9.17, 15) is 4.79 Å². The van der Waals surface area contributed by atoms with E-state index in [1.807, 2.05) is 6.92 Å². The third-order valence-electron chi connectivity index (χ3n) is 2.97.